The molecule has 9 nitrogen and oxygen atoms in total. The van der Waals surface area contributed by atoms with Crippen LogP contribution in [0.2, 0.25) is 0 Å². The van der Waals surface area contributed by atoms with Crippen LogP contribution < -0.4 is 0 Å². The Balaban J connectivity index is 2.44. The third kappa shape index (κ3) is 2.74. The maximum atomic E-state index is 11.5. The fourth-order valence-electron chi connectivity index (χ4n) is 1.40. The van der Waals surface area contributed by atoms with Crippen molar-refractivity contribution in [3.63, 3.8) is 0 Å². The number of nitro benzene ring substituents is 1. The molecule has 20 heavy (non-hydrogen) atoms. The molecular formula is C10H9N5O4S. The van der Waals surface area contributed by atoms with Crippen molar-refractivity contribution < 1.29 is 14.5 Å². The molecule has 0 bridgehead atoms. The van der Waals surface area contributed by atoms with Crippen LogP contribution in [-0.2, 0) is 11.8 Å². The van der Waals surface area contributed by atoms with E-state index in [9.17, 15) is 14.9 Å². The molecule has 0 unspecified atom stereocenters. The molecule has 0 spiro atoms. The van der Waals surface area contributed by atoms with Crippen LogP contribution in [-0.4, -0.2) is 38.2 Å². The van der Waals surface area contributed by atoms with Gasteiger partial charge in [-0.1, -0.05) is 0 Å². The molecule has 0 radical (unpaired) electrons. The van der Waals surface area contributed by atoms with Gasteiger partial charge in [-0.05, 0) is 34.3 Å². The number of rotatable bonds is 4. The summed E-state index contributed by atoms with van der Waals surface area (Å²) in [4.78, 5) is 22.2. The van der Waals surface area contributed by atoms with Crippen molar-refractivity contribution in [2.45, 2.75) is 10.1 Å². The molecule has 1 aromatic heterocycles. The van der Waals surface area contributed by atoms with E-state index in [0.717, 1.165) is 11.8 Å². The Morgan fingerprint density at radius 2 is 2.25 bits per heavy atom. The first-order chi connectivity index (χ1) is 9.52. The predicted molar refractivity (Wildman–Crippen MR) is 67.4 cm³/mol. The Morgan fingerprint density at radius 3 is 2.80 bits per heavy atom. The number of aryl methyl sites for hydroxylation is 1. The number of aromatic nitrogens is 4. The van der Waals surface area contributed by atoms with E-state index in [1.807, 2.05) is 0 Å². The molecule has 0 saturated heterocycles. The van der Waals surface area contributed by atoms with Gasteiger partial charge in [0.05, 0.1) is 22.5 Å². The summed E-state index contributed by atoms with van der Waals surface area (Å²) in [7, 11) is 2.85. The number of carbonyl (C=O) groups is 1. The topological polar surface area (TPSA) is 113 Å². The number of esters is 1. The average Bonchev–Trinajstić information content (AvgIpc) is 2.83. The third-order valence-electron chi connectivity index (χ3n) is 2.36. The largest absolute Gasteiger partial charge is 0.465 e. The predicted octanol–water partition coefficient (Wildman–Crippen LogP) is 1.06. The summed E-state index contributed by atoms with van der Waals surface area (Å²) < 4.78 is 5.96. The minimum atomic E-state index is -0.571. The summed E-state index contributed by atoms with van der Waals surface area (Å²) in [5, 5.41) is 22.2. The molecule has 10 heteroatoms. The number of carbonyl (C=O) groups excluding carboxylic acids is 1. The summed E-state index contributed by atoms with van der Waals surface area (Å²) in [6.45, 7) is 0. The molecule has 0 saturated carbocycles. The normalized spacial score (nSPS) is 10.3. The molecule has 0 amide bonds. The van der Waals surface area contributed by atoms with Gasteiger partial charge >= 0.3 is 5.97 Å². The minimum absolute atomic E-state index is 0.134. The van der Waals surface area contributed by atoms with Crippen LogP contribution in [0.4, 0.5) is 5.69 Å². The fourth-order valence-corrected chi connectivity index (χ4v) is 2.27. The van der Waals surface area contributed by atoms with Crippen LogP contribution in [0, 0.1) is 10.1 Å². The van der Waals surface area contributed by atoms with Crippen LogP contribution in [0.5, 0.6) is 0 Å². The molecule has 1 aromatic carbocycles. The van der Waals surface area contributed by atoms with Crippen LogP contribution >= 0.6 is 11.8 Å². The van der Waals surface area contributed by atoms with Gasteiger partial charge in [0.25, 0.3) is 5.69 Å². The molecule has 104 valence electrons. The lowest BCUT2D eigenvalue weighted by atomic mass is 10.2. The van der Waals surface area contributed by atoms with Gasteiger partial charge in [0, 0.05) is 13.1 Å². The molecule has 0 N–H and O–H groups in total. The maximum Gasteiger partial charge on any atom is 0.337 e. The molecule has 0 aliphatic heterocycles. The number of nitro groups is 1. The maximum absolute atomic E-state index is 11.5. The molecule has 2 rings (SSSR count). The van der Waals surface area contributed by atoms with E-state index in [1.54, 1.807) is 7.05 Å². The van der Waals surface area contributed by atoms with E-state index in [2.05, 4.69) is 20.3 Å². The zero-order valence-electron chi connectivity index (χ0n) is 10.5. The van der Waals surface area contributed by atoms with Crippen molar-refractivity contribution in [2.24, 2.45) is 7.05 Å². The number of methoxy groups -OCH3 is 1. The van der Waals surface area contributed by atoms with E-state index in [4.69, 9.17) is 0 Å². The summed E-state index contributed by atoms with van der Waals surface area (Å²) in [6.07, 6.45) is 0. The second-order valence-corrected chi connectivity index (χ2v) is 4.63. The number of ether oxygens (including phenoxy) is 1. The van der Waals surface area contributed by atoms with E-state index in [-0.39, 0.29) is 16.1 Å². The standard InChI is InChI=1S/C10H9N5O4S/c1-14-10(11-12-13-14)20-8-5-6(9(16)19-2)3-4-7(8)15(17)18/h3-5H,1-2H3. The highest BCUT2D eigenvalue weighted by Crippen LogP contribution is 2.34. The van der Waals surface area contributed by atoms with Crippen molar-refractivity contribution in [3.8, 4) is 0 Å². The van der Waals surface area contributed by atoms with E-state index in [0.29, 0.717) is 5.16 Å². The van der Waals surface area contributed by atoms with Crippen molar-refractivity contribution in [1.82, 2.24) is 20.2 Å². The molecule has 0 atom stereocenters. The zero-order valence-corrected chi connectivity index (χ0v) is 11.3. The summed E-state index contributed by atoms with van der Waals surface area (Å²) >= 11 is 0.995. The minimum Gasteiger partial charge on any atom is -0.465 e. The summed E-state index contributed by atoms with van der Waals surface area (Å²) in [5.74, 6) is -0.571. The van der Waals surface area contributed by atoms with E-state index in [1.165, 1.54) is 30.0 Å². The molecular weight excluding hydrogens is 286 g/mol. The number of hydrogen-bond donors (Lipinski definition) is 0. The van der Waals surface area contributed by atoms with Gasteiger partial charge in [-0.3, -0.25) is 10.1 Å². The van der Waals surface area contributed by atoms with Crippen molar-refractivity contribution in [1.29, 1.82) is 0 Å². The number of nitrogens with zero attached hydrogens (tertiary/aromatic N) is 5. The Labute approximate surface area is 117 Å². The Morgan fingerprint density at radius 1 is 1.50 bits per heavy atom. The average molecular weight is 295 g/mol. The highest BCUT2D eigenvalue weighted by Gasteiger charge is 2.20. The van der Waals surface area contributed by atoms with Gasteiger partial charge in [-0.2, -0.15) is 0 Å². The Bertz CT molecular complexity index is 671. The highest BCUT2D eigenvalue weighted by molar-refractivity contribution is 7.99. The van der Waals surface area contributed by atoms with Crippen LogP contribution in [0.15, 0.2) is 28.3 Å². The SMILES string of the molecule is COC(=O)c1ccc([N+](=O)[O-])c(Sc2nnnn2C)c1. The molecule has 0 fully saturated rings. The van der Waals surface area contributed by atoms with Gasteiger partial charge in [0.15, 0.2) is 0 Å². The quantitative estimate of drug-likeness (QED) is 0.467. The Hall–Kier alpha value is -2.49. The summed E-state index contributed by atoms with van der Waals surface area (Å²) in [5.41, 5.74) is 0.0846. The van der Waals surface area contributed by atoms with Crippen LogP contribution in [0.1, 0.15) is 10.4 Å². The monoisotopic (exact) mass is 295 g/mol. The van der Waals surface area contributed by atoms with Crippen molar-refractivity contribution in [2.75, 3.05) is 7.11 Å². The number of tetrazole rings is 1. The van der Waals surface area contributed by atoms with Gasteiger partial charge in [0.1, 0.15) is 0 Å². The highest BCUT2D eigenvalue weighted by atomic mass is 32.2. The Kier molecular flexibility index (Phi) is 3.94. The molecule has 2 aromatic rings. The zero-order chi connectivity index (χ0) is 14.7. The fraction of sp³-hybridized carbons (Fsp3) is 0.200. The van der Waals surface area contributed by atoms with Gasteiger partial charge in [-0.25, -0.2) is 9.48 Å². The first-order valence-electron chi connectivity index (χ1n) is 5.30. The first-order valence-corrected chi connectivity index (χ1v) is 6.11. The van der Waals surface area contributed by atoms with Gasteiger partial charge in [0.2, 0.25) is 5.16 Å². The lowest BCUT2D eigenvalue weighted by Gasteiger charge is -2.04. The molecule has 0 aliphatic carbocycles. The number of hydrogen-bond acceptors (Lipinski definition) is 8. The summed E-state index contributed by atoms with van der Waals surface area (Å²) in [6, 6.07) is 3.96. The van der Waals surface area contributed by atoms with Crippen molar-refractivity contribution >= 4 is 23.4 Å². The lowest BCUT2D eigenvalue weighted by Crippen LogP contribution is -2.02. The van der Waals surface area contributed by atoms with Crippen LogP contribution in [0.25, 0.3) is 0 Å². The lowest BCUT2D eigenvalue weighted by molar-refractivity contribution is -0.387. The number of benzene rings is 1. The molecule has 0 aliphatic rings. The van der Waals surface area contributed by atoms with Crippen molar-refractivity contribution in [3.05, 3.63) is 33.9 Å². The van der Waals surface area contributed by atoms with Crippen LogP contribution in [0.3, 0.4) is 0 Å². The second kappa shape index (κ2) is 5.65. The third-order valence-corrected chi connectivity index (χ3v) is 3.44. The first kappa shape index (κ1) is 13.9. The smallest absolute Gasteiger partial charge is 0.337 e. The van der Waals surface area contributed by atoms with E-state index < -0.39 is 10.9 Å². The molecule has 1 heterocycles. The van der Waals surface area contributed by atoms with Gasteiger partial charge in [-0.15, -0.1) is 5.10 Å². The second-order valence-electron chi connectivity index (χ2n) is 3.62. The van der Waals surface area contributed by atoms with Gasteiger partial charge < -0.3 is 4.74 Å². The van der Waals surface area contributed by atoms with E-state index >= 15 is 0 Å².